The van der Waals surface area contributed by atoms with Crippen LogP contribution in [0.5, 0.6) is 0 Å². The number of ketones is 1. The molecule has 0 amide bonds. The molecule has 0 fully saturated rings. The molecular weight excluding hydrogens is 343 g/mol. The SMILES string of the molecule is Cc1ccc(C(=O)CCBr)cc1I. The lowest BCUT2D eigenvalue weighted by Gasteiger charge is -2.01. The van der Waals surface area contributed by atoms with E-state index in [0.717, 1.165) is 14.5 Å². The summed E-state index contributed by atoms with van der Waals surface area (Å²) in [6.07, 6.45) is 0.569. The van der Waals surface area contributed by atoms with Crippen LogP contribution >= 0.6 is 38.5 Å². The van der Waals surface area contributed by atoms with Gasteiger partial charge in [0, 0.05) is 20.9 Å². The van der Waals surface area contributed by atoms with Crippen molar-refractivity contribution in [1.29, 1.82) is 0 Å². The van der Waals surface area contributed by atoms with E-state index in [2.05, 4.69) is 38.5 Å². The number of halogens is 2. The van der Waals surface area contributed by atoms with Gasteiger partial charge in [0.05, 0.1) is 0 Å². The highest BCUT2D eigenvalue weighted by Crippen LogP contribution is 2.14. The van der Waals surface area contributed by atoms with Gasteiger partial charge < -0.3 is 0 Å². The largest absolute Gasteiger partial charge is 0.294 e. The highest BCUT2D eigenvalue weighted by Gasteiger charge is 2.05. The minimum absolute atomic E-state index is 0.204. The Morgan fingerprint density at radius 2 is 2.23 bits per heavy atom. The Bertz CT molecular complexity index is 323. The van der Waals surface area contributed by atoms with Gasteiger partial charge in [-0.3, -0.25) is 4.79 Å². The molecule has 0 saturated heterocycles. The fraction of sp³-hybridized carbons (Fsp3) is 0.300. The van der Waals surface area contributed by atoms with E-state index in [9.17, 15) is 4.79 Å². The predicted octanol–water partition coefficient (Wildman–Crippen LogP) is 3.57. The average Bonchev–Trinajstić information content (AvgIpc) is 2.10. The zero-order valence-electron chi connectivity index (χ0n) is 7.31. The van der Waals surface area contributed by atoms with Crippen LogP contribution < -0.4 is 0 Å². The van der Waals surface area contributed by atoms with Crippen LogP contribution in [0.4, 0.5) is 0 Å². The number of alkyl halides is 1. The van der Waals surface area contributed by atoms with Crippen molar-refractivity contribution in [1.82, 2.24) is 0 Å². The third kappa shape index (κ3) is 3.06. The fourth-order valence-corrected chi connectivity index (χ4v) is 1.87. The maximum Gasteiger partial charge on any atom is 0.163 e. The first kappa shape index (κ1) is 11.2. The van der Waals surface area contributed by atoms with E-state index in [-0.39, 0.29) is 5.78 Å². The van der Waals surface area contributed by atoms with Crippen molar-refractivity contribution in [3.8, 4) is 0 Å². The normalized spacial score (nSPS) is 10.1. The number of aryl methyl sites for hydroxylation is 1. The van der Waals surface area contributed by atoms with Crippen molar-refractivity contribution >= 4 is 44.3 Å². The Balaban J connectivity index is 2.90. The maximum atomic E-state index is 11.5. The van der Waals surface area contributed by atoms with Gasteiger partial charge in [-0.15, -0.1) is 0 Å². The average molecular weight is 353 g/mol. The molecule has 3 heteroatoms. The molecule has 1 rings (SSSR count). The molecule has 0 saturated carbocycles. The first-order chi connectivity index (χ1) is 6.15. The molecule has 1 nitrogen and oxygen atoms in total. The van der Waals surface area contributed by atoms with Crippen molar-refractivity contribution in [2.24, 2.45) is 0 Å². The topological polar surface area (TPSA) is 17.1 Å². The van der Waals surface area contributed by atoms with Crippen LogP contribution in [0.1, 0.15) is 22.3 Å². The summed E-state index contributed by atoms with van der Waals surface area (Å²) in [7, 11) is 0. The summed E-state index contributed by atoms with van der Waals surface area (Å²) >= 11 is 5.51. The van der Waals surface area contributed by atoms with Gasteiger partial charge in [-0.1, -0.05) is 28.1 Å². The maximum absolute atomic E-state index is 11.5. The zero-order chi connectivity index (χ0) is 9.84. The van der Waals surface area contributed by atoms with Gasteiger partial charge in [0.2, 0.25) is 0 Å². The molecule has 0 unspecified atom stereocenters. The van der Waals surface area contributed by atoms with Gasteiger partial charge in [0.15, 0.2) is 5.78 Å². The standard InChI is InChI=1S/C10H10BrIO/c1-7-2-3-8(6-9(7)12)10(13)4-5-11/h2-3,6H,4-5H2,1H3. The minimum Gasteiger partial charge on any atom is -0.294 e. The lowest BCUT2D eigenvalue weighted by Crippen LogP contribution is -2.00. The first-order valence-corrected chi connectivity index (χ1v) is 6.20. The van der Waals surface area contributed by atoms with Crippen molar-refractivity contribution in [2.45, 2.75) is 13.3 Å². The molecule has 0 aliphatic rings. The van der Waals surface area contributed by atoms with E-state index in [4.69, 9.17) is 0 Å². The van der Waals surface area contributed by atoms with Crippen LogP contribution in [0.3, 0.4) is 0 Å². The van der Waals surface area contributed by atoms with Gasteiger partial charge in [-0.2, -0.15) is 0 Å². The fourth-order valence-electron chi connectivity index (χ4n) is 0.996. The molecule has 0 aromatic heterocycles. The van der Waals surface area contributed by atoms with Gasteiger partial charge in [-0.05, 0) is 41.1 Å². The Labute approximate surface area is 100 Å². The molecule has 0 N–H and O–H groups in total. The number of carbonyl (C=O) groups excluding carboxylic acids is 1. The summed E-state index contributed by atoms with van der Waals surface area (Å²) in [5.41, 5.74) is 2.03. The minimum atomic E-state index is 0.204. The quantitative estimate of drug-likeness (QED) is 0.461. The second-order valence-corrected chi connectivity index (χ2v) is 4.78. The molecule has 1 aromatic carbocycles. The highest BCUT2D eigenvalue weighted by molar-refractivity contribution is 14.1. The van der Waals surface area contributed by atoms with Crippen LogP contribution in [-0.2, 0) is 0 Å². The van der Waals surface area contributed by atoms with Crippen LogP contribution in [0.15, 0.2) is 18.2 Å². The molecule has 0 bridgehead atoms. The second kappa shape index (κ2) is 5.10. The van der Waals surface area contributed by atoms with E-state index < -0.39 is 0 Å². The van der Waals surface area contributed by atoms with E-state index in [1.807, 2.05) is 25.1 Å². The molecule has 0 heterocycles. The summed E-state index contributed by atoms with van der Waals surface area (Å²) in [4.78, 5) is 11.5. The predicted molar refractivity (Wildman–Crippen MR) is 66.6 cm³/mol. The summed E-state index contributed by atoms with van der Waals surface area (Å²) in [6, 6.07) is 5.83. The number of carbonyl (C=O) groups is 1. The number of Topliss-reactive ketones (excluding diaryl/α,β-unsaturated/α-hetero) is 1. The third-order valence-corrected chi connectivity index (χ3v) is 3.37. The number of rotatable bonds is 3. The van der Waals surface area contributed by atoms with Crippen molar-refractivity contribution in [3.05, 3.63) is 32.9 Å². The summed E-state index contributed by atoms with van der Waals surface area (Å²) in [5, 5.41) is 0.732. The van der Waals surface area contributed by atoms with Crippen molar-refractivity contribution in [3.63, 3.8) is 0 Å². The lowest BCUT2D eigenvalue weighted by atomic mass is 10.1. The second-order valence-electron chi connectivity index (χ2n) is 2.83. The molecular formula is C10H10BrIO. The van der Waals surface area contributed by atoms with E-state index in [1.165, 1.54) is 5.56 Å². The van der Waals surface area contributed by atoms with E-state index in [0.29, 0.717) is 6.42 Å². The van der Waals surface area contributed by atoms with Gasteiger partial charge in [0.25, 0.3) is 0 Å². The van der Waals surface area contributed by atoms with Gasteiger partial charge in [0.1, 0.15) is 0 Å². The monoisotopic (exact) mass is 352 g/mol. The first-order valence-electron chi connectivity index (χ1n) is 4.00. The Morgan fingerprint density at radius 3 is 2.77 bits per heavy atom. The van der Waals surface area contributed by atoms with Gasteiger partial charge >= 0.3 is 0 Å². The van der Waals surface area contributed by atoms with Crippen LogP contribution in [0.2, 0.25) is 0 Å². The van der Waals surface area contributed by atoms with E-state index in [1.54, 1.807) is 0 Å². The third-order valence-electron chi connectivity index (χ3n) is 1.82. The summed E-state index contributed by atoms with van der Waals surface area (Å²) < 4.78 is 1.15. The molecule has 0 spiro atoms. The highest BCUT2D eigenvalue weighted by atomic mass is 127. The molecule has 13 heavy (non-hydrogen) atoms. The van der Waals surface area contributed by atoms with Crippen LogP contribution in [0.25, 0.3) is 0 Å². The molecule has 0 aliphatic carbocycles. The zero-order valence-corrected chi connectivity index (χ0v) is 11.1. The van der Waals surface area contributed by atoms with E-state index >= 15 is 0 Å². The Hall–Kier alpha value is 0.1000. The summed E-state index contributed by atoms with van der Waals surface area (Å²) in [5.74, 6) is 0.204. The summed E-state index contributed by atoms with van der Waals surface area (Å²) in [6.45, 7) is 2.04. The van der Waals surface area contributed by atoms with Crippen molar-refractivity contribution < 1.29 is 4.79 Å². The number of hydrogen-bond acceptors (Lipinski definition) is 1. The lowest BCUT2D eigenvalue weighted by molar-refractivity contribution is 0.0990. The Kier molecular flexibility index (Phi) is 4.38. The number of benzene rings is 1. The van der Waals surface area contributed by atoms with Crippen LogP contribution in [-0.4, -0.2) is 11.1 Å². The molecule has 0 aliphatic heterocycles. The Morgan fingerprint density at radius 1 is 1.54 bits per heavy atom. The van der Waals surface area contributed by atoms with Gasteiger partial charge in [-0.25, -0.2) is 0 Å². The molecule has 0 atom stereocenters. The molecule has 70 valence electrons. The smallest absolute Gasteiger partial charge is 0.163 e. The van der Waals surface area contributed by atoms with Crippen molar-refractivity contribution in [2.75, 3.05) is 5.33 Å². The molecule has 0 radical (unpaired) electrons. The molecule has 1 aromatic rings. The van der Waals surface area contributed by atoms with Crippen LogP contribution in [0, 0.1) is 10.5 Å². The number of hydrogen-bond donors (Lipinski definition) is 0.